The van der Waals surface area contributed by atoms with E-state index in [1.165, 1.54) is 16.7 Å². The zero-order valence-electron chi connectivity index (χ0n) is 32.4. The molecule has 0 saturated heterocycles. The smallest absolute Gasteiger partial charge is 0.200 e. The van der Waals surface area contributed by atoms with Crippen molar-refractivity contribution in [2.75, 3.05) is 0 Å². The van der Waals surface area contributed by atoms with Crippen molar-refractivity contribution in [1.82, 2.24) is 4.98 Å². The Balaban J connectivity index is 0.000000250. The van der Waals surface area contributed by atoms with E-state index in [0.717, 1.165) is 12.2 Å². The zero-order valence-corrected chi connectivity index (χ0v) is 32.4. The summed E-state index contributed by atoms with van der Waals surface area (Å²) in [7, 11) is 0. The van der Waals surface area contributed by atoms with Crippen molar-refractivity contribution in [3.63, 3.8) is 0 Å². The van der Waals surface area contributed by atoms with Gasteiger partial charge < -0.3 is 0 Å². The Kier molecular flexibility index (Phi) is 12.8. The van der Waals surface area contributed by atoms with Crippen LogP contribution in [0.3, 0.4) is 0 Å². The first-order chi connectivity index (χ1) is 31.6. The summed E-state index contributed by atoms with van der Waals surface area (Å²) in [5.74, 6) is -71.1. The Labute approximate surface area is 361 Å². The second-order valence-electron chi connectivity index (χ2n) is 14.4. The third-order valence-corrected chi connectivity index (χ3v) is 10.8. The van der Waals surface area contributed by atoms with E-state index in [9.17, 15) is 52.7 Å². The second kappa shape index (κ2) is 17.9. The topological polar surface area (TPSA) is 16.8 Å². The highest BCUT2D eigenvalue weighted by Gasteiger charge is 2.52. The first kappa shape index (κ1) is 47.8. The van der Waals surface area contributed by atoms with Crippen LogP contribution in [-0.2, 0) is 6.54 Å². The minimum atomic E-state index is -7.22. The van der Waals surface area contributed by atoms with Gasteiger partial charge in [-0.05, 0) is 11.1 Å². The van der Waals surface area contributed by atoms with Gasteiger partial charge in [0.2, 0.25) is 0 Å². The quantitative estimate of drug-likeness (QED) is 0.0512. The van der Waals surface area contributed by atoms with Gasteiger partial charge in [-0.15, -0.1) is 21.9 Å². The summed E-state index contributed by atoms with van der Waals surface area (Å²) >= 11 is 0. The van der Waals surface area contributed by atoms with Crippen LogP contribution in [0.15, 0.2) is 79.3 Å². The molecular formula is C44H17BF20N2. The summed E-state index contributed by atoms with van der Waals surface area (Å²) in [6.07, 6.45) is 3.29. The van der Waals surface area contributed by atoms with E-state index >= 15 is 35.1 Å². The van der Waals surface area contributed by atoms with E-state index in [-0.39, 0.29) is 5.92 Å². The molecule has 1 unspecified atom stereocenters. The molecule has 0 spiro atoms. The summed E-state index contributed by atoms with van der Waals surface area (Å²) in [4.78, 5) is 4.59. The third-order valence-electron chi connectivity index (χ3n) is 10.8. The number of fused-ring (bicyclic) bond motifs is 1. The van der Waals surface area contributed by atoms with Gasteiger partial charge >= 0.3 is 0 Å². The summed E-state index contributed by atoms with van der Waals surface area (Å²) in [6.45, 7) is 0.869. The van der Waals surface area contributed by atoms with Gasteiger partial charge in [0.05, 0.1) is 12.1 Å². The Morgan fingerprint density at radius 1 is 0.403 bits per heavy atom. The predicted molar refractivity (Wildman–Crippen MR) is 197 cm³/mol. The molecule has 2 nitrogen and oxygen atoms in total. The van der Waals surface area contributed by atoms with E-state index in [1.807, 2.05) is 18.5 Å². The number of aromatic nitrogens is 2. The van der Waals surface area contributed by atoms with E-state index in [4.69, 9.17) is 0 Å². The van der Waals surface area contributed by atoms with Crippen molar-refractivity contribution >= 4 is 34.1 Å². The molecular weight excluding hydrogens is 947 g/mol. The standard InChI is InChI=1S/C24BF20.C20H17N2/c26-5-1(6(27)14(35)21(42)13(5)34)25(2-7(28)15(36)22(43)16(37)8(2)29,3-9(30)17(38)23(44)18(39)10(3)31)4-11(32)19(40)24(45)20(41)12(4)33;1-2-6-16(7-3-1)14-22-13-12-21-20(15-22)19-11-10-17-8-4-5-9-18(17)19/h;1-13,15,19H,14H2/q-1;+1. The molecule has 1 aliphatic rings. The number of nitrogens with zero attached hydrogens (tertiary/aromatic N) is 2. The fraction of sp³-hybridized carbons (Fsp3) is 0.0455. The molecule has 0 bridgehead atoms. The monoisotopic (exact) mass is 964 g/mol. The normalized spacial score (nSPS) is 13.2. The average molecular weight is 964 g/mol. The van der Waals surface area contributed by atoms with Gasteiger partial charge in [0.15, 0.2) is 88.7 Å². The molecule has 0 amide bonds. The van der Waals surface area contributed by atoms with Crippen LogP contribution in [0.4, 0.5) is 87.8 Å². The van der Waals surface area contributed by atoms with E-state index in [0.29, 0.717) is 0 Å². The molecule has 7 aromatic rings. The second-order valence-corrected chi connectivity index (χ2v) is 14.4. The highest BCUT2D eigenvalue weighted by molar-refractivity contribution is 7.20. The zero-order chi connectivity index (χ0) is 49.1. The van der Waals surface area contributed by atoms with Crippen molar-refractivity contribution in [3.8, 4) is 0 Å². The molecule has 1 heterocycles. The number of hydrogen-bond acceptors (Lipinski definition) is 1. The Morgan fingerprint density at radius 2 is 0.731 bits per heavy atom. The maximum Gasteiger partial charge on any atom is 0.200 e. The lowest BCUT2D eigenvalue weighted by Gasteiger charge is -2.44. The predicted octanol–water partition coefficient (Wildman–Crippen LogP) is 9.42. The Bertz CT molecular complexity index is 2800. The number of benzene rings is 6. The van der Waals surface area contributed by atoms with Crippen LogP contribution in [0.2, 0.25) is 0 Å². The van der Waals surface area contributed by atoms with Crippen LogP contribution in [-0.4, -0.2) is 11.1 Å². The molecule has 1 atom stereocenters. The van der Waals surface area contributed by atoms with Crippen LogP contribution in [0.5, 0.6) is 0 Å². The van der Waals surface area contributed by atoms with Crippen LogP contribution < -0.4 is 26.4 Å². The lowest BCUT2D eigenvalue weighted by atomic mass is 9.12. The minimum Gasteiger partial charge on any atom is -0.248 e. The summed E-state index contributed by atoms with van der Waals surface area (Å²) < 4.78 is 296. The first-order valence-electron chi connectivity index (χ1n) is 18.5. The Hall–Kier alpha value is -7.20. The van der Waals surface area contributed by atoms with Gasteiger partial charge in [0.1, 0.15) is 58.4 Å². The lowest BCUT2D eigenvalue weighted by molar-refractivity contribution is -0.689. The van der Waals surface area contributed by atoms with Crippen LogP contribution in [0.25, 0.3) is 6.08 Å². The maximum atomic E-state index is 15.4. The minimum absolute atomic E-state index is 0.263. The molecule has 8 rings (SSSR count). The fourth-order valence-corrected chi connectivity index (χ4v) is 7.89. The summed E-state index contributed by atoms with van der Waals surface area (Å²) in [6, 6.07) is 19.0. The molecule has 0 radical (unpaired) electrons. The Morgan fingerprint density at radius 3 is 1.10 bits per heavy atom. The highest BCUT2D eigenvalue weighted by Crippen LogP contribution is 2.34. The van der Waals surface area contributed by atoms with Gasteiger partial charge in [-0.2, -0.15) is 4.57 Å². The van der Waals surface area contributed by atoms with Gasteiger partial charge in [0.25, 0.3) is 0 Å². The van der Waals surface area contributed by atoms with Gasteiger partial charge in [0, 0.05) is 5.56 Å². The third kappa shape index (κ3) is 7.52. The van der Waals surface area contributed by atoms with Crippen molar-refractivity contribution in [3.05, 3.63) is 218 Å². The van der Waals surface area contributed by atoms with E-state index in [1.54, 1.807) is 0 Å². The number of allylic oxidation sites excluding steroid dienone is 1. The van der Waals surface area contributed by atoms with Crippen molar-refractivity contribution in [1.29, 1.82) is 0 Å². The molecule has 1 aliphatic carbocycles. The van der Waals surface area contributed by atoms with Crippen LogP contribution >= 0.6 is 0 Å². The number of rotatable bonds is 7. The fourth-order valence-electron chi connectivity index (χ4n) is 7.89. The van der Waals surface area contributed by atoms with Crippen LogP contribution in [0.1, 0.15) is 28.3 Å². The highest BCUT2D eigenvalue weighted by atomic mass is 19.2. The summed E-state index contributed by atoms with van der Waals surface area (Å²) in [5.41, 5.74) is -9.30. The largest absolute Gasteiger partial charge is 0.248 e. The van der Waals surface area contributed by atoms with Gasteiger partial charge in [-0.1, -0.05) is 66.7 Å². The molecule has 0 N–H and O–H groups in total. The van der Waals surface area contributed by atoms with Gasteiger partial charge in [-0.3, -0.25) is 0 Å². The SMILES string of the molecule is C1=CC(c2c[n+](Cc3ccccc3)ccn2)c2ccccc21.Fc1c(F)c(F)c([B-](c2c(F)c(F)c(F)c(F)c2F)(c2c(F)c(F)c(F)c(F)c2F)c2c(F)c(F)c(F)c(F)c2F)c(F)c1F. The number of hydrogen-bond donors (Lipinski definition) is 0. The van der Waals surface area contributed by atoms with Gasteiger partial charge in [-0.25, -0.2) is 92.8 Å². The molecule has 346 valence electrons. The van der Waals surface area contributed by atoms with Crippen molar-refractivity contribution < 1.29 is 92.4 Å². The average Bonchev–Trinajstić information content (AvgIpc) is 3.76. The molecule has 1 aromatic heterocycles. The molecule has 23 heteroatoms. The molecule has 0 saturated carbocycles. The summed E-state index contributed by atoms with van der Waals surface area (Å²) in [5, 5.41) is 0. The van der Waals surface area contributed by atoms with Crippen molar-refractivity contribution in [2.45, 2.75) is 12.5 Å². The molecule has 0 aliphatic heterocycles. The molecule has 6 aromatic carbocycles. The van der Waals surface area contributed by atoms with Crippen molar-refractivity contribution in [2.24, 2.45) is 0 Å². The first-order valence-corrected chi connectivity index (χ1v) is 18.5. The van der Waals surface area contributed by atoms with E-state index in [2.05, 4.69) is 76.4 Å². The molecule has 67 heavy (non-hydrogen) atoms. The van der Waals surface area contributed by atoms with E-state index < -0.39 is 144 Å². The maximum absolute atomic E-state index is 15.4. The van der Waals surface area contributed by atoms with Crippen LogP contribution in [0, 0.1) is 116 Å². The molecule has 0 fully saturated rings. The number of halogens is 20. The lowest BCUT2D eigenvalue weighted by Crippen LogP contribution is -2.81.